The van der Waals surface area contributed by atoms with Crippen molar-refractivity contribution in [3.8, 4) is 0 Å². The first kappa shape index (κ1) is 23.3. The van der Waals surface area contributed by atoms with Crippen LogP contribution >= 0.6 is 0 Å². The van der Waals surface area contributed by atoms with Crippen molar-refractivity contribution < 1.29 is 24.3 Å². The number of hydrogen-bond donors (Lipinski definition) is 5. The van der Waals surface area contributed by atoms with Crippen LogP contribution in [-0.2, 0) is 14.4 Å². The van der Waals surface area contributed by atoms with Crippen molar-refractivity contribution in [3.05, 3.63) is 34.4 Å². The summed E-state index contributed by atoms with van der Waals surface area (Å²) in [5.74, 6) is -1.84. The second-order valence-electron chi connectivity index (χ2n) is 9.77. The summed E-state index contributed by atoms with van der Waals surface area (Å²) in [5, 5.41) is 15.3. The maximum Gasteiger partial charge on any atom is 0.271 e. The van der Waals surface area contributed by atoms with Gasteiger partial charge in [0, 0.05) is 25.2 Å². The van der Waals surface area contributed by atoms with E-state index in [1.54, 1.807) is 6.07 Å². The first-order valence-corrected chi connectivity index (χ1v) is 12.1. The number of carbonyl (C=O) groups is 4. The molecule has 1 saturated carbocycles. The first-order valence-electron chi connectivity index (χ1n) is 12.1. The summed E-state index contributed by atoms with van der Waals surface area (Å²) in [4.78, 5) is 70.7. The van der Waals surface area contributed by atoms with E-state index in [1.807, 2.05) is 0 Å². The highest BCUT2D eigenvalue weighted by atomic mass is 16.3. The minimum Gasteiger partial charge on any atom is -0.389 e. The van der Waals surface area contributed by atoms with Crippen LogP contribution in [0, 0.1) is 17.8 Å². The Morgan fingerprint density at radius 3 is 2.74 bits per heavy atom. The predicted molar refractivity (Wildman–Crippen MR) is 124 cm³/mol. The lowest BCUT2D eigenvalue weighted by molar-refractivity contribution is -0.133. The van der Waals surface area contributed by atoms with Gasteiger partial charge in [0.25, 0.3) is 11.5 Å². The molecule has 3 aliphatic rings. The van der Waals surface area contributed by atoms with Gasteiger partial charge in [-0.25, -0.2) is 0 Å². The molecule has 5 N–H and O–H groups in total. The van der Waals surface area contributed by atoms with Crippen LogP contribution in [0.2, 0.25) is 0 Å². The highest BCUT2D eigenvalue weighted by Crippen LogP contribution is 2.43. The lowest BCUT2D eigenvalue weighted by Gasteiger charge is -2.29. The Balaban J connectivity index is 1.39. The summed E-state index contributed by atoms with van der Waals surface area (Å²) in [7, 11) is 0. The molecule has 0 unspecified atom stereocenters. The molecule has 11 nitrogen and oxygen atoms in total. The maximum atomic E-state index is 13.5. The summed E-state index contributed by atoms with van der Waals surface area (Å²) in [6, 6.07) is 1.38. The van der Waals surface area contributed by atoms with Gasteiger partial charge in [0.2, 0.25) is 11.8 Å². The fourth-order valence-electron chi connectivity index (χ4n) is 5.98. The van der Waals surface area contributed by atoms with Crippen LogP contribution in [0.3, 0.4) is 0 Å². The van der Waals surface area contributed by atoms with Crippen LogP contribution in [0.4, 0.5) is 0 Å². The zero-order valence-corrected chi connectivity index (χ0v) is 19.2. The van der Waals surface area contributed by atoms with Crippen molar-refractivity contribution in [2.24, 2.45) is 17.8 Å². The van der Waals surface area contributed by atoms with E-state index in [1.165, 1.54) is 17.2 Å². The summed E-state index contributed by atoms with van der Waals surface area (Å²) in [6.07, 6.45) is 4.83. The zero-order chi connectivity index (χ0) is 24.7. The summed E-state index contributed by atoms with van der Waals surface area (Å²) in [6.45, 7) is 0.179. The zero-order valence-electron chi connectivity index (χ0n) is 19.2. The molecular formula is C24H29N5O6. The number of nitrogens with one attached hydrogen (secondary N) is 4. The number of fused-ring (bicyclic) bond motifs is 2. The molecule has 2 aromatic heterocycles. The fourth-order valence-corrected chi connectivity index (χ4v) is 5.98. The van der Waals surface area contributed by atoms with Gasteiger partial charge in [-0.15, -0.1) is 0 Å². The lowest BCUT2D eigenvalue weighted by Crippen LogP contribution is -2.53. The molecule has 11 heteroatoms. The molecule has 2 aromatic rings. The summed E-state index contributed by atoms with van der Waals surface area (Å²) < 4.78 is 0. The Kier molecular flexibility index (Phi) is 6.18. The Hall–Kier alpha value is -3.47. The minimum absolute atomic E-state index is 0.0358. The van der Waals surface area contributed by atoms with Crippen molar-refractivity contribution in [2.75, 3.05) is 19.7 Å². The van der Waals surface area contributed by atoms with E-state index in [4.69, 9.17) is 0 Å². The van der Waals surface area contributed by atoms with Crippen molar-refractivity contribution in [1.29, 1.82) is 0 Å². The van der Waals surface area contributed by atoms with Gasteiger partial charge >= 0.3 is 0 Å². The first-order chi connectivity index (χ1) is 16.9. The molecule has 2 aliphatic heterocycles. The molecule has 4 heterocycles. The smallest absolute Gasteiger partial charge is 0.271 e. The Morgan fingerprint density at radius 2 is 2.03 bits per heavy atom. The highest BCUT2D eigenvalue weighted by Gasteiger charge is 2.50. The number of ketones is 1. The third-order valence-corrected chi connectivity index (χ3v) is 7.75. The highest BCUT2D eigenvalue weighted by molar-refractivity contribution is 6.01. The maximum absolute atomic E-state index is 13.5. The number of carbonyl (C=O) groups excluding carboxylic acids is 4. The number of aliphatic hydroxyl groups is 1. The standard InChI is InChI=1S/C24H29N5O6/c30-11-19(31)17(8-12-4-6-25-21(12)32)28-23(34)20-14-3-1-2-13(14)10-29(20)24(35)18-9-15-16(27-18)5-7-26-22(15)33/h5,7,9,12-14,17,20,27,30H,1-4,6,8,10-11H2,(H,25,32)(H,26,33)(H,28,34)/t12-,13-,14-,17-,20-/m0/s1. The molecule has 5 rings (SSSR count). The quantitative estimate of drug-likeness (QED) is 0.362. The third-order valence-electron chi connectivity index (χ3n) is 7.75. The van der Waals surface area contributed by atoms with Gasteiger partial charge in [-0.1, -0.05) is 6.42 Å². The molecule has 0 bridgehead atoms. The molecule has 0 radical (unpaired) electrons. The molecule has 3 amide bonds. The number of hydrogen-bond acceptors (Lipinski definition) is 6. The molecule has 0 aromatic carbocycles. The van der Waals surface area contributed by atoms with Crippen LogP contribution in [-0.4, -0.2) is 75.3 Å². The summed E-state index contributed by atoms with van der Waals surface area (Å²) >= 11 is 0. The molecule has 1 aliphatic carbocycles. The largest absolute Gasteiger partial charge is 0.389 e. The average molecular weight is 484 g/mol. The number of aromatic amines is 2. The van der Waals surface area contributed by atoms with E-state index < -0.39 is 36.3 Å². The van der Waals surface area contributed by atoms with Crippen LogP contribution in [0.1, 0.15) is 42.6 Å². The van der Waals surface area contributed by atoms with Crippen molar-refractivity contribution >= 4 is 34.4 Å². The van der Waals surface area contributed by atoms with Crippen LogP contribution in [0.15, 0.2) is 23.1 Å². The number of amides is 3. The van der Waals surface area contributed by atoms with Crippen LogP contribution in [0.5, 0.6) is 0 Å². The van der Waals surface area contributed by atoms with Crippen LogP contribution < -0.4 is 16.2 Å². The van der Waals surface area contributed by atoms with Crippen molar-refractivity contribution in [3.63, 3.8) is 0 Å². The topological polar surface area (TPSA) is 164 Å². The summed E-state index contributed by atoms with van der Waals surface area (Å²) in [5.41, 5.74) is 0.438. The van der Waals surface area contributed by atoms with E-state index in [2.05, 4.69) is 20.6 Å². The number of rotatable bonds is 7. The molecule has 3 fully saturated rings. The fraction of sp³-hybridized carbons (Fsp3) is 0.542. The molecule has 35 heavy (non-hydrogen) atoms. The van der Waals surface area contributed by atoms with Gasteiger partial charge in [-0.2, -0.15) is 0 Å². The number of likely N-dealkylation sites (tertiary alicyclic amines) is 1. The Morgan fingerprint density at radius 1 is 1.20 bits per heavy atom. The molecule has 0 spiro atoms. The van der Waals surface area contributed by atoms with E-state index in [9.17, 15) is 29.1 Å². The molecule has 5 atom stereocenters. The molecule has 2 saturated heterocycles. The SMILES string of the molecule is O=C1NCC[C@H]1C[C@H](NC(=O)[C@@H]1[C@H]2CCC[C@H]2CN1C(=O)c1cc2c(=O)[nH]ccc2[nH]1)C(=O)CO. The van der Waals surface area contributed by atoms with Gasteiger partial charge in [0.15, 0.2) is 5.78 Å². The van der Waals surface area contributed by atoms with Gasteiger partial charge < -0.3 is 30.6 Å². The van der Waals surface area contributed by atoms with Gasteiger partial charge in [-0.3, -0.25) is 24.0 Å². The number of aliphatic hydroxyl groups excluding tert-OH is 1. The van der Waals surface area contributed by atoms with E-state index >= 15 is 0 Å². The number of pyridine rings is 1. The molecule has 186 valence electrons. The van der Waals surface area contributed by atoms with Crippen molar-refractivity contribution in [2.45, 2.75) is 44.2 Å². The van der Waals surface area contributed by atoms with Gasteiger partial charge in [-0.05, 0) is 49.7 Å². The third kappa shape index (κ3) is 4.24. The number of H-pyrrole nitrogens is 2. The van der Waals surface area contributed by atoms with E-state index in [0.29, 0.717) is 30.4 Å². The lowest BCUT2D eigenvalue weighted by atomic mass is 9.92. The number of nitrogens with zero attached hydrogens (tertiary/aromatic N) is 1. The molecular weight excluding hydrogens is 454 g/mol. The monoisotopic (exact) mass is 483 g/mol. The second kappa shape index (κ2) is 9.29. The minimum atomic E-state index is -1.01. The Bertz CT molecular complexity index is 1230. The van der Waals surface area contributed by atoms with Crippen molar-refractivity contribution in [1.82, 2.24) is 25.5 Å². The normalized spacial score (nSPS) is 26.5. The number of aromatic nitrogens is 2. The number of Topliss-reactive ketones (excluding diaryl/α,β-unsaturated/α-hetero) is 1. The van der Waals surface area contributed by atoms with E-state index in [-0.39, 0.29) is 41.3 Å². The Labute approximate surface area is 200 Å². The van der Waals surface area contributed by atoms with Crippen LogP contribution in [0.25, 0.3) is 10.9 Å². The van der Waals surface area contributed by atoms with E-state index in [0.717, 1.165) is 19.3 Å². The predicted octanol–water partition coefficient (Wildman–Crippen LogP) is -0.331. The second-order valence-corrected chi connectivity index (χ2v) is 9.77. The average Bonchev–Trinajstić information content (AvgIpc) is 3.61. The van der Waals surface area contributed by atoms with Gasteiger partial charge in [0.05, 0.1) is 16.9 Å². The van der Waals surface area contributed by atoms with Gasteiger partial charge in [0.1, 0.15) is 18.3 Å².